The molecule has 0 bridgehead atoms. The molecular weight excluding hydrogens is 154 g/mol. The second-order valence-corrected chi connectivity index (χ2v) is 3.56. The van der Waals surface area contributed by atoms with E-state index in [1.807, 2.05) is 6.21 Å². The molecule has 0 spiro atoms. The van der Waals surface area contributed by atoms with Crippen molar-refractivity contribution in [2.45, 2.75) is 38.1 Å². The average Bonchev–Trinajstić information content (AvgIpc) is 2.05. The van der Waals surface area contributed by atoms with Gasteiger partial charge in [0.15, 0.2) is 0 Å². The lowest BCUT2D eigenvalue weighted by atomic mass is 9.84. The highest BCUT2D eigenvalue weighted by atomic mass is 16.3. The van der Waals surface area contributed by atoms with Crippen LogP contribution in [0.1, 0.15) is 32.1 Å². The van der Waals surface area contributed by atoms with Crippen molar-refractivity contribution in [1.82, 2.24) is 5.12 Å². The van der Waals surface area contributed by atoms with E-state index in [2.05, 4.69) is 10.4 Å². The fraction of sp³-hybridized carbons (Fsp3) is 0.875. The van der Waals surface area contributed by atoms with Gasteiger partial charge in [-0.05, 0) is 18.8 Å². The lowest BCUT2D eigenvalue weighted by molar-refractivity contribution is 0.143. The molecule has 2 rings (SSSR count). The molecule has 0 aromatic rings. The van der Waals surface area contributed by atoms with Gasteiger partial charge in [-0.25, -0.2) is 0 Å². The Balaban J connectivity index is 1.91. The number of nitroso groups, excluding NO2 is 1. The van der Waals surface area contributed by atoms with Crippen molar-refractivity contribution in [2.75, 3.05) is 0 Å². The molecule has 1 atom stereocenters. The number of nitrogens with zero attached hydrogens (tertiary/aromatic N) is 3. The van der Waals surface area contributed by atoms with Crippen LogP contribution in [-0.2, 0) is 0 Å². The van der Waals surface area contributed by atoms with Crippen LogP contribution in [0.5, 0.6) is 0 Å². The van der Waals surface area contributed by atoms with Gasteiger partial charge in [0.1, 0.15) is 6.04 Å². The van der Waals surface area contributed by atoms with Crippen LogP contribution in [0.2, 0.25) is 0 Å². The van der Waals surface area contributed by atoms with Crippen LogP contribution in [0, 0.1) is 10.8 Å². The van der Waals surface area contributed by atoms with Crippen LogP contribution < -0.4 is 0 Å². The second-order valence-electron chi connectivity index (χ2n) is 3.56. The van der Waals surface area contributed by atoms with Gasteiger partial charge in [0, 0.05) is 0 Å². The van der Waals surface area contributed by atoms with Crippen LogP contribution >= 0.6 is 0 Å². The number of hydrazone groups is 1. The first-order valence-corrected chi connectivity index (χ1v) is 4.58. The molecule has 66 valence electrons. The first-order chi connectivity index (χ1) is 5.92. The molecule has 1 aliphatic carbocycles. The van der Waals surface area contributed by atoms with Gasteiger partial charge in [-0.15, -0.1) is 10.0 Å². The van der Waals surface area contributed by atoms with Crippen molar-refractivity contribution < 1.29 is 0 Å². The van der Waals surface area contributed by atoms with Gasteiger partial charge in [0.25, 0.3) is 0 Å². The lowest BCUT2D eigenvalue weighted by Gasteiger charge is -2.34. The molecule has 12 heavy (non-hydrogen) atoms. The quantitative estimate of drug-likeness (QED) is 0.590. The summed E-state index contributed by atoms with van der Waals surface area (Å²) in [4.78, 5) is 10.2. The van der Waals surface area contributed by atoms with Crippen molar-refractivity contribution >= 4 is 6.21 Å². The third-order valence-electron chi connectivity index (χ3n) is 2.82. The third kappa shape index (κ3) is 1.21. The highest BCUT2D eigenvalue weighted by Crippen LogP contribution is 2.31. The van der Waals surface area contributed by atoms with Crippen molar-refractivity contribution in [1.29, 1.82) is 0 Å². The van der Waals surface area contributed by atoms with Crippen LogP contribution in [-0.4, -0.2) is 17.4 Å². The Morgan fingerprint density at radius 1 is 1.33 bits per heavy atom. The van der Waals surface area contributed by atoms with E-state index in [1.165, 1.54) is 37.2 Å². The van der Waals surface area contributed by atoms with Gasteiger partial charge in [0.2, 0.25) is 0 Å². The Kier molecular flexibility index (Phi) is 2.06. The summed E-state index contributed by atoms with van der Waals surface area (Å²) in [6.07, 6.45) is 8.22. The molecule has 0 radical (unpaired) electrons. The summed E-state index contributed by atoms with van der Waals surface area (Å²) in [6.45, 7) is 0. The number of hydrogen-bond donors (Lipinski definition) is 0. The van der Waals surface area contributed by atoms with Crippen LogP contribution in [0.3, 0.4) is 0 Å². The largest absolute Gasteiger partial charge is 0.162 e. The summed E-state index contributed by atoms with van der Waals surface area (Å²) in [6, 6.07) is 0.211. The fourth-order valence-electron chi connectivity index (χ4n) is 2.06. The standard InChI is InChI=1S/C8H13N3O/c12-10-11-8(6-9-11)7-4-2-1-3-5-7/h6-8H,1-5H2. The normalized spacial score (nSPS) is 30.0. The first kappa shape index (κ1) is 7.71. The molecule has 1 aliphatic heterocycles. The zero-order chi connectivity index (χ0) is 8.39. The Bertz CT molecular complexity index is 198. The van der Waals surface area contributed by atoms with Crippen LogP contribution in [0.4, 0.5) is 0 Å². The fourth-order valence-corrected chi connectivity index (χ4v) is 2.06. The Morgan fingerprint density at radius 2 is 2.08 bits per heavy atom. The molecule has 2 aliphatic rings. The molecule has 1 saturated carbocycles. The summed E-state index contributed by atoms with van der Waals surface area (Å²) < 4.78 is 0. The van der Waals surface area contributed by atoms with E-state index >= 15 is 0 Å². The monoisotopic (exact) mass is 167 g/mol. The molecule has 0 aromatic carbocycles. The zero-order valence-corrected chi connectivity index (χ0v) is 7.02. The molecule has 0 N–H and O–H groups in total. The topological polar surface area (TPSA) is 45.0 Å². The van der Waals surface area contributed by atoms with Crippen molar-refractivity contribution in [2.24, 2.45) is 16.3 Å². The Labute approximate surface area is 71.6 Å². The zero-order valence-electron chi connectivity index (χ0n) is 7.02. The summed E-state index contributed by atoms with van der Waals surface area (Å²) in [7, 11) is 0. The first-order valence-electron chi connectivity index (χ1n) is 4.58. The Morgan fingerprint density at radius 3 is 2.58 bits per heavy atom. The minimum Gasteiger partial charge on any atom is -0.162 e. The molecule has 1 heterocycles. The van der Waals surface area contributed by atoms with E-state index in [1.54, 1.807) is 0 Å². The summed E-state index contributed by atoms with van der Waals surface area (Å²) >= 11 is 0. The van der Waals surface area contributed by atoms with E-state index in [0.29, 0.717) is 5.92 Å². The van der Waals surface area contributed by atoms with Crippen molar-refractivity contribution in [3.8, 4) is 0 Å². The smallest absolute Gasteiger partial charge is 0.114 e. The minimum absolute atomic E-state index is 0.211. The van der Waals surface area contributed by atoms with Gasteiger partial charge in [-0.2, -0.15) is 5.10 Å². The minimum atomic E-state index is 0.211. The van der Waals surface area contributed by atoms with E-state index < -0.39 is 0 Å². The predicted octanol–water partition coefficient (Wildman–Crippen LogP) is 1.92. The number of rotatable bonds is 2. The van der Waals surface area contributed by atoms with Gasteiger partial charge in [-0.3, -0.25) is 0 Å². The van der Waals surface area contributed by atoms with E-state index in [-0.39, 0.29) is 6.04 Å². The van der Waals surface area contributed by atoms with Crippen LogP contribution in [0.15, 0.2) is 10.4 Å². The van der Waals surface area contributed by atoms with E-state index in [0.717, 1.165) is 0 Å². The highest BCUT2D eigenvalue weighted by molar-refractivity contribution is 5.68. The maximum Gasteiger partial charge on any atom is 0.114 e. The number of hydrogen-bond acceptors (Lipinski definition) is 3. The predicted molar refractivity (Wildman–Crippen MR) is 46.5 cm³/mol. The average molecular weight is 167 g/mol. The lowest BCUT2D eigenvalue weighted by Crippen LogP contribution is -2.43. The summed E-state index contributed by atoms with van der Waals surface area (Å²) in [5.41, 5.74) is 0. The molecule has 4 heteroatoms. The molecule has 0 aromatic heterocycles. The molecule has 1 fully saturated rings. The highest BCUT2D eigenvalue weighted by Gasteiger charge is 2.32. The summed E-state index contributed by atoms with van der Waals surface area (Å²) in [5, 5.41) is 7.91. The SMILES string of the molecule is O=NN1N=CC1C1CCCCC1. The molecule has 0 amide bonds. The van der Waals surface area contributed by atoms with Gasteiger partial charge >= 0.3 is 0 Å². The van der Waals surface area contributed by atoms with Crippen LogP contribution in [0.25, 0.3) is 0 Å². The Hall–Kier alpha value is -0.930. The maximum absolute atomic E-state index is 10.2. The van der Waals surface area contributed by atoms with Gasteiger partial charge in [0.05, 0.1) is 11.5 Å². The molecule has 0 saturated heterocycles. The van der Waals surface area contributed by atoms with Gasteiger partial charge in [-0.1, -0.05) is 19.3 Å². The molecule has 4 nitrogen and oxygen atoms in total. The van der Waals surface area contributed by atoms with Crippen molar-refractivity contribution in [3.05, 3.63) is 4.91 Å². The third-order valence-corrected chi connectivity index (χ3v) is 2.82. The molecule has 1 unspecified atom stereocenters. The molecular formula is C8H13N3O. The van der Waals surface area contributed by atoms with E-state index in [4.69, 9.17) is 0 Å². The second kappa shape index (κ2) is 3.21. The summed E-state index contributed by atoms with van der Waals surface area (Å²) in [5.74, 6) is 0.619. The van der Waals surface area contributed by atoms with Crippen molar-refractivity contribution in [3.63, 3.8) is 0 Å². The maximum atomic E-state index is 10.2. The van der Waals surface area contributed by atoms with Gasteiger partial charge < -0.3 is 0 Å². The van der Waals surface area contributed by atoms with E-state index in [9.17, 15) is 4.91 Å².